The van der Waals surface area contributed by atoms with Gasteiger partial charge in [-0.1, -0.05) is 5.16 Å². The molecule has 1 aliphatic rings. The third-order valence-electron chi connectivity index (χ3n) is 2.13. The van der Waals surface area contributed by atoms with Crippen molar-refractivity contribution >= 4 is 5.82 Å². The fourth-order valence-electron chi connectivity index (χ4n) is 1.54. The fourth-order valence-corrected chi connectivity index (χ4v) is 1.54. The Bertz CT molecular complexity index is 293. The van der Waals surface area contributed by atoms with E-state index >= 15 is 0 Å². The second kappa shape index (κ2) is 1.75. The highest BCUT2D eigenvalue weighted by Crippen LogP contribution is 2.42. The average molecular weight is 156 g/mol. The number of rotatable bonds is 0. The Morgan fingerprint density at radius 2 is 2.45 bits per heavy atom. The number of fused-ring (bicyclic) bond motifs is 1. The summed E-state index contributed by atoms with van der Waals surface area (Å²) in [5.74, 6) is 0.801. The Hall–Kier alpha value is -1.06. The van der Waals surface area contributed by atoms with Gasteiger partial charge in [-0.05, 0) is 13.3 Å². The molecule has 1 aromatic heterocycles. The highest BCUT2D eigenvalue weighted by Gasteiger charge is 2.40. The van der Waals surface area contributed by atoms with E-state index in [1.54, 1.807) is 0 Å². The molecule has 0 fully saturated rings. The molecule has 60 valence electrons. The SMILES string of the molecule is CC1(F)CCc2onc(N)c21. The summed E-state index contributed by atoms with van der Waals surface area (Å²) in [4.78, 5) is 0. The summed E-state index contributed by atoms with van der Waals surface area (Å²) in [7, 11) is 0. The Balaban J connectivity index is 2.60. The van der Waals surface area contributed by atoms with Gasteiger partial charge in [-0.3, -0.25) is 0 Å². The van der Waals surface area contributed by atoms with Crippen LogP contribution in [0.25, 0.3) is 0 Å². The van der Waals surface area contributed by atoms with E-state index in [0.29, 0.717) is 24.2 Å². The van der Waals surface area contributed by atoms with Crippen molar-refractivity contribution in [3.05, 3.63) is 11.3 Å². The van der Waals surface area contributed by atoms with Gasteiger partial charge >= 0.3 is 0 Å². The molecule has 0 aromatic carbocycles. The van der Waals surface area contributed by atoms with E-state index in [0.717, 1.165) is 0 Å². The highest BCUT2D eigenvalue weighted by atomic mass is 19.1. The summed E-state index contributed by atoms with van der Waals surface area (Å²) in [6.07, 6.45) is 1.06. The predicted octanol–water partition coefficient (Wildman–Crippen LogP) is 1.39. The number of anilines is 1. The molecule has 0 saturated carbocycles. The first kappa shape index (κ1) is 6.64. The van der Waals surface area contributed by atoms with Gasteiger partial charge in [0.25, 0.3) is 0 Å². The van der Waals surface area contributed by atoms with Crippen molar-refractivity contribution in [2.45, 2.75) is 25.4 Å². The number of nitrogens with zero attached hydrogens (tertiary/aromatic N) is 1. The number of alkyl halides is 1. The first-order valence-corrected chi connectivity index (χ1v) is 3.55. The van der Waals surface area contributed by atoms with Crippen LogP contribution in [0.4, 0.5) is 10.2 Å². The summed E-state index contributed by atoms with van der Waals surface area (Å²) in [6, 6.07) is 0. The van der Waals surface area contributed by atoms with Crippen molar-refractivity contribution in [2.75, 3.05) is 5.73 Å². The summed E-state index contributed by atoms with van der Waals surface area (Å²) in [5, 5.41) is 3.50. The van der Waals surface area contributed by atoms with Crippen LogP contribution in [0.15, 0.2) is 4.52 Å². The smallest absolute Gasteiger partial charge is 0.173 e. The largest absolute Gasteiger partial charge is 0.381 e. The van der Waals surface area contributed by atoms with Crippen LogP contribution in [0.3, 0.4) is 0 Å². The maximum atomic E-state index is 13.5. The van der Waals surface area contributed by atoms with E-state index in [1.807, 2.05) is 0 Å². The Morgan fingerprint density at radius 3 is 3.09 bits per heavy atom. The van der Waals surface area contributed by atoms with Gasteiger partial charge in [0.1, 0.15) is 11.4 Å². The number of aryl methyl sites for hydroxylation is 1. The Kier molecular flexibility index (Phi) is 1.06. The molecule has 0 radical (unpaired) electrons. The zero-order valence-corrected chi connectivity index (χ0v) is 6.22. The topological polar surface area (TPSA) is 52.0 Å². The van der Waals surface area contributed by atoms with Crippen molar-refractivity contribution in [3.63, 3.8) is 0 Å². The zero-order valence-electron chi connectivity index (χ0n) is 6.22. The van der Waals surface area contributed by atoms with Crippen LogP contribution in [0.1, 0.15) is 24.7 Å². The van der Waals surface area contributed by atoms with Gasteiger partial charge in [-0.2, -0.15) is 0 Å². The van der Waals surface area contributed by atoms with E-state index in [9.17, 15) is 4.39 Å². The number of hydrogen-bond donors (Lipinski definition) is 1. The number of nitrogens with two attached hydrogens (primary N) is 1. The molecule has 0 amide bonds. The third-order valence-corrected chi connectivity index (χ3v) is 2.13. The van der Waals surface area contributed by atoms with Gasteiger partial charge in [0, 0.05) is 6.42 Å². The van der Waals surface area contributed by atoms with Crippen LogP contribution in [0.5, 0.6) is 0 Å². The summed E-state index contributed by atoms with van der Waals surface area (Å²) < 4.78 is 18.3. The second-order valence-electron chi connectivity index (χ2n) is 3.06. The van der Waals surface area contributed by atoms with Crippen molar-refractivity contribution in [1.29, 1.82) is 0 Å². The lowest BCUT2D eigenvalue weighted by Crippen LogP contribution is -2.11. The van der Waals surface area contributed by atoms with Crippen LogP contribution in [-0.2, 0) is 12.1 Å². The standard InChI is InChI=1S/C7H9FN2O/c1-7(8)3-2-4-5(7)6(9)10-11-4/h2-3H2,1H3,(H2,9,10). The zero-order chi connectivity index (χ0) is 8.06. The molecule has 2 N–H and O–H groups in total. The number of aromatic nitrogens is 1. The van der Waals surface area contributed by atoms with Gasteiger partial charge in [-0.25, -0.2) is 4.39 Å². The lowest BCUT2D eigenvalue weighted by atomic mass is 10.0. The number of nitrogen functional groups attached to an aromatic ring is 1. The Labute approximate surface area is 63.4 Å². The molecule has 3 nitrogen and oxygen atoms in total. The molecule has 2 rings (SSSR count). The van der Waals surface area contributed by atoms with Gasteiger partial charge in [0.2, 0.25) is 0 Å². The van der Waals surface area contributed by atoms with E-state index in [2.05, 4.69) is 5.16 Å². The van der Waals surface area contributed by atoms with E-state index < -0.39 is 5.67 Å². The van der Waals surface area contributed by atoms with Crippen molar-refractivity contribution in [2.24, 2.45) is 0 Å². The molecule has 0 spiro atoms. The molecule has 4 heteroatoms. The minimum atomic E-state index is -1.33. The number of halogens is 1. The predicted molar refractivity (Wildman–Crippen MR) is 37.7 cm³/mol. The molecule has 0 aliphatic heterocycles. The lowest BCUT2D eigenvalue weighted by molar-refractivity contribution is 0.194. The minimum absolute atomic E-state index is 0.197. The second-order valence-corrected chi connectivity index (χ2v) is 3.06. The molecular formula is C7H9FN2O. The maximum Gasteiger partial charge on any atom is 0.173 e. The first-order valence-electron chi connectivity index (χ1n) is 3.55. The fraction of sp³-hybridized carbons (Fsp3) is 0.571. The molecule has 0 saturated heterocycles. The monoisotopic (exact) mass is 156 g/mol. The molecule has 1 aliphatic carbocycles. The van der Waals surface area contributed by atoms with E-state index in [4.69, 9.17) is 10.3 Å². The number of hydrogen-bond acceptors (Lipinski definition) is 3. The van der Waals surface area contributed by atoms with Crippen LogP contribution < -0.4 is 5.73 Å². The van der Waals surface area contributed by atoms with Crippen molar-refractivity contribution < 1.29 is 8.91 Å². The van der Waals surface area contributed by atoms with Gasteiger partial charge < -0.3 is 10.3 Å². The molecule has 1 unspecified atom stereocenters. The quantitative estimate of drug-likeness (QED) is 0.617. The lowest BCUT2D eigenvalue weighted by Gasteiger charge is -2.11. The van der Waals surface area contributed by atoms with Crippen molar-refractivity contribution in [1.82, 2.24) is 5.16 Å². The van der Waals surface area contributed by atoms with Crippen LogP contribution in [0, 0.1) is 0 Å². The highest BCUT2D eigenvalue weighted by molar-refractivity contribution is 5.47. The Morgan fingerprint density at radius 1 is 1.73 bits per heavy atom. The normalized spacial score (nSPS) is 28.9. The first-order chi connectivity index (χ1) is 5.11. The molecule has 1 atom stereocenters. The molecule has 1 heterocycles. The molecule has 11 heavy (non-hydrogen) atoms. The average Bonchev–Trinajstić information content (AvgIpc) is 2.38. The summed E-state index contributed by atoms with van der Waals surface area (Å²) >= 11 is 0. The summed E-state index contributed by atoms with van der Waals surface area (Å²) in [5.41, 5.74) is 4.54. The van der Waals surface area contributed by atoms with Crippen LogP contribution >= 0.6 is 0 Å². The molecule has 1 aromatic rings. The van der Waals surface area contributed by atoms with E-state index in [-0.39, 0.29) is 5.82 Å². The van der Waals surface area contributed by atoms with Gasteiger partial charge in [0.15, 0.2) is 5.82 Å². The summed E-state index contributed by atoms with van der Waals surface area (Å²) in [6.45, 7) is 1.51. The third kappa shape index (κ3) is 0.751. The van der Waals surface area contributed by atoms with Crippen LogP contribution in [0.2, 0.25) is 0 Å². The van der Waals surface area contributed by atoms with E-state index in [1.165, 1.54) is 6.92 Å². The van der Waals surface area contributed by atoms with Gasteiger partial charge in [0.05, 0.1) is 5.56 Å². The minimum Gasteiger partial charge on any atom is -0.381 e. The van der Waals surface area contributed by atoms with Gasteiger partial charge in [-0.15, -0.1) is 0 Å². The van der Waals surface area contributed by atoms with Crippen LogP contribution in [-0.4, -0.2) is 5.16 Å². The maximum absolute atomic E-state index is 13.5. The van der Waals surface area contributed by atoms with Crippen molar-refractivity contribution in [3.8, 4) is 0 Å². The molecule has 0 bridgehead atoms. The molecular weight excluding hydrogens is 147 g/mol.